The number of aromatic amines is 1. The highest BCUT2D eigenvalue weighted by Crippen LogP contribution is 2.26. The van der Waals surface area contributed by atoms with E-state index < -0.39 is 0 Å². The average molecular weight is 305 g/mol. The fourth-order valence-electron chi connectivity index (χ4n) is 2.37. The lowest BCUT2D eigenvalue weighted by Crippen LogP contribution is -2.23. The molecule has 1 atom stereocenters. The summed E-state index contributed by atoms with van der Waals surface area (Å²) in [5.41, 5.74) is 1.32. The first-order valence-corrected chi connectivity index (χ1v) is 7.53. The molecule has 0 radical (unpaired) electrons. The van der Waals surface area contributed by atoms with Gasteiger partial charge >= 0.3 is 0 Å². The topological polar surface area (TPSA) is 106 Å². The van der Waals surface area contributed by atoms with Crippen LogP contribution in [0, 0.1) is 0 Å². The quantitative estimate of drug-likeness (QED) is 0.838. The van der Waals surface area contributed by atoms with Gasteiger partial charge in [0, 0.05) is 12.3 Å². The number of carbonyl (C=O) groups excluding carboxylic acids is 1. The van der Waals surface area contributed by atoms with Crippen LogP contribution in [-0.4, -0.2) is 32.9 Å². The number of nitrogens with one attached hydrogen (secondary N) is 2. The van der Waals surface area contributed by atoms with Crippen molar-refractivity contribution < 1.29 is 14.1 Å². The van der Waals surface area contributed by atoms with Crippen molar-refractivity contribution in [2.45, 2.75) is 45.3 Å². The average Bonchev–Trinajstić information content (AvgIpc) is 3.25. The van der Waals surface area contributed by atoms with E-state index in [0.717, 1.165) is 38.0 Å². The van der Waals surface area contributed by atoms with Gasteiger partial charge in [0.2, 0.25) is 0 Å². The Labute approximate surface area is 127 Å². The lowest BCUT2D eigenvalue weighted by molar-refractivity contribution is 0.0835. The van der Waals surface area contributed by atoms with Gasteiger partial charge in [-0.3, -0.25) is 9.89 Å². The molecule has 1 aliphatic heterocycles. The van der Waals surface area contributed by atoms with Gasteiger partial charge in [-0.25, -0.2) is 0 Å². The number of ether oxygens (including phenoxy) is 1. The van der Waals surface area contributed by atoms with Crippen molar-refractivity contribution in [2.75, 3.05) is 6.61 Å². The summed E-state index contributed by atoms with van der Waals surface area (Å²) in [5, 5.41) is 13.4. The molecule has 0 aromatic carbocycles. The minimum absolute atomic E-state index is 0.111. The van der Waals surface area contributed by atoms with Gasteiger partial charge in [-0.2, -0.15) is 10.1 Å². The second kappa shape index (κ2) is 6.69. The highest BCUT2D eigenvalue weighted by Gasteiger charge is 2.24. The number of hydrogen-bond acceptors (Lipinski definition) is 6. The van der Waals surface area contributed by atoms with E-state index in [1.807, 2.05) is 0 Å². The van der Waals surface area contributed by atoms with Crippen LogP contribution < -0.4 is 5.32 Å². The Hall–Kier alpha value is -2.22. The molecular formula is C14H19N5O3. The molecule has 118 valence electrons. The summed E-state index contributed by atoms with van der Waals surface area (Å²) >= 11 is 0. The third kappa shape index (κ3) is 3.33. The van der Waals surface area contributed by atoms with Gasteiger partial charge in [0.15, 0.2) is 5.82 Å². The van der Waals surface area contributed by atoms with Gasteiger partial charge in [0.1, 0.15) is 11.8 Å². The van der Waals surface area contributed by atoms with E-state index >= 15 is 0 Å². The van der Waals surface area contributed by atoms with Crippen molar-refractivity contribution in [3.05, 3.63) is 29.2 Å². The van der Waals surface area contributed by atoms with E-state index in [1.54, 1.807) is 6.07 Å². The monoisotopic (exact) mass is 305 g/mol. The van der Waals surface area contributed by atoms with Crippen molar-refractivity contribution >= 4 is 5.91 Å². The van der Waals surface area contributed by atoms with Gasteiger partial charge in [0.25, 0.3) is 11.8 Å². The molecule has 0 spiro atoms. The molecule has 3 rings (SSSR count). The molecule has 2 aromatic heterocycles. The van der Waals surface area contributed by atoms with Crippen LogP contribution in [0.2, 0.25) is 0 Å². The third-order valence-electron chi connectivity index (χ3n) is 3.48. The van der Waals surface area contributed by atoms with Crippen LogP contribution in [0.15, 0.2) is 10.6 Å². The fourth-order valence-corrected chi connectivity index (χ4v) is 2.37. The summed E-state index contributed by atoms with van der Waals surface area (Å²) in [7, 11) is 0. The molecule has 3 heterocycles. The van der Waals surface area contributed by atoms with Crippen molar-refractivity contribution in [1.29, 1.82) is 0 Å². The SMILES string of the molecule is CCCc1cc(C(=O)NCc2noc(C3CCCO3)n2)n[nH]1. The highest BCUT2D eigenvalue weighted by molar-refractivity contribution is 5.92. The number of aryl methyl sites for hydroxylation is 1. The molecule has 0 saturated carbocycles. The van der Waals surface area contributed by atoms with Crippen molar-refractivity contribution in [1.82, 2.24) is 25.7 Å². The normalized spacial score (nSPS) is 17.8. The zero-order valence-electron chi connectivity index (χ0n) is 12.5. The smallest absolute Gasteiger partial charge is 0.272 e. The highest BCUT2D eigenvalue weighted by atomic mass is 16.5. The zero-order chi connectivity index (χ0) is 15.4. The molecule has 2 aromatic rings. The molecule has 1 aliphatic rings. The molecule has 0 aliphatic carbocycles. The Kier molecular flexibility index (Phi) is 4.47. The number of nitrogens with zero attached hydrogens (tertiary/aromatic N) is 3. The lowest BCUT2D eigenvalue weighted by Gasteiger charge is -2.00. The Morgan fingerprint density at radius 1 is 1.55 bits per heavy atom. The first-order chi connectivity index (χ1) is 10.8. The minimum atomic E-state index is -0.262. The van der Waals surface area contributed by atoms with Gasteiger partial charge in [-0.15, -0.1) is 0 Å². The minimum Gasteiger partial charge on any atom is -0.368 e. The van der Waals surface area contributed by atoms with Crippen molar-refractivity contribution in [3.63, 3.8) is 0 Å². The molecular weight excluding hydrogens is 286 g/mol. The maximum Gasteiger partial charge on any atom is 0.272 e. The molecule has 0 bridgehead atoms. The predicted octanol–water partition coefficient (Wildman–Crippen LogP) is 1.53. The van der Waals surface area contributed by atoms with Crippen molar-refractivity contribution in [2.24, 2.45) is 0 Å². The molecule has 1 fully saturated rings. The maximum atomic E-state index is 12.0. The number of hydrogen-bond donors (Lipinski definition) is 2. The van der Waals surface area contributed by atoms with E-state index in [4.69, 9.17) is 9.26 Å². The van der Waals surface area contributed by atoms with Gasteiger partial charge in [-0.05, 0) is 25.3 Å². The van der Waals surface area contributed by atoms with Crippen LogP contribution >= 0.6 is 0 Å². The lowest BCUT2D eigenvalue weighted by atomic mass is 10.2. The molecule has 8 heteroatoms. The molecule has 2 N–H and O–H groups in total. The van der Waals surface area contributed by atoms with Crippen LogP contribution in [0.4, 0.5) is 0 Å². The standard InChI is InChI=1S/C14H19N5O3/c1-2-4-9-7-10(18-17-9)13(20)15-8-12-16-14(22-19-12)11-5-3-6-21-11/h7,11H,2-6,8H2,1H3,(H,15,20)(H,17,18). The summed E-state index contributed by atoms with van der Waals surface area (Å²) in [6.07, 6.45) is 3.65. The van der Waals surface area contributed by atoms with Crippen LogP contribution in [0.3, 0.4) is 0 Å². The largest absolute Gasteiger partial charge is 0.368 e. The summed E-state index contributed by atoms with van der Waals surface area (Å²) in [4.78, 5) is 16.2. The van der Waals surface area contributed by atoms with Gasteiger partial charge in [-0.1, -0.05) is 18.5 Å². The Balaban J connectivity index is 1.54. The number of aromatic nitrogens is 4. The fraction of sp³-hybridized carbons (Fsp3) is 0.571. The van der Waals surface area contributed by atoms with Crippen LogP contribution in [-0.2, 0) is 17.7 Å². The first kappa shape index (κ1) is 14.7. The number of rotatable bonds is 6. The Morgan fingerprint density at radius 2 is 2.45 bits per heavy atom. The van der Waals surface area contributed by atoms with Crippen LogP contribution in [0.25, 0.3) is 0 Å². The predicted molar refractivity (Wildman–Crippen MR) is 76.0 cm³/mol. The first-order valence-electron chi connectivity index (χ1n) is 7.53. The summed E-state index contributed by atoms with van der Waals surface area (Å²) in [5.74, 6) is 0.650. The Morgan fingerprint density at radius 3 is 3.23 bits per heavy atom. The van der Waals surface area contributed by atoms with Crippen molar-refractivity contribution in [3.8, 4) is 0 Å². The number of H-pyrrole nitrogens is 1. The second-order valence-corrected chi connectivity index (χ2v) is 5.26. The maximum absolute atomic E-state index is 12.0. The van der Waals surface area contributed by atoms with E-state index in [1.165, 1.54) is 0 Å². The van der Waals surface area contributed by atoms with E-state index in [9.17, 15) is 4.79 Å². The van der Waals surface area contributed by atoms with Gasteiger partial charge in [0.05, 0.1) is 6.54 Å². The number of carbonyl (C=O) groups is 1. The van der Waals surface area contributed by atoms with Crippen LogP contribution in [0.1, 0.15) is 60.2 Å². The van der Waals surface area contributed by atoms with Gasteiger partial charge < -0.3 is 14.6 Å². The summed E-state index contributed by atoms with van der Waals surface area (Å²) < 4.78 is 10.6. The van der Waals surface area contributed by atoms with E-state index in [-0.39, 0.29) is 18.6 Å². The zero-order valence-corrected chi connectivity index (χ0v) is 12.5. The van der Waals surface area contributed by atoms with Crippen LogP contribution in [0.5, 0.6) is 0 Å². The molecule has 8 nitrogen and oxygen atoms in total. The van der Waals surface area contributed by atoms with E-state index in [2.05, 4.69) is 32.6 Å². The number of amides is 1. The third-order valence-corrected chi connectivity index (χ3v) is 3.48. The second-order valence-electron chi connectivity index (χ2n) is 5.26. The summed E-state index contributed by atoms with van der Waals surface area (Å²) in [6.45, 7) is 2.99. The molecule has 1 unspecified atom stereocenters. The summed E-state index contributed by atoms with van der Waals surface area (Å²) in [6, 6.07) is 1.76. The molecule has 22 heavy (non-hydrogen) atoms. The molecule has 1 amide bonds. The Bertz CT molecular complexity index is 630. The van der Waals surface area contributed by atoms with E-state index in [0.29, 0.717) is 17.4 Å². The molecule has 1 saturated heterocycles.